The molecule has 0 aliphatic heterocycles. The molecular weight excluding hydrogens is 717 g/mol. The summed E-state index contributed by atoms with van der Waals surface area (Å²) in [4.78, 5) is 9.66. The molecule has 268 valence electrons. The van der Waals surface area contributed by atoms with Crippen LogP contribution in [0.5, 0.6) is 0 Å². The van der Waals surface area contributed by atoms with E-state index in [9.17, 15) is 0 Å². The zero-order chi connectivity index (χ0) is 37.5. The molecule has 0 fully saturated rings. The third-order valence-electron chi connectivity index (χ3n) is 11.5. The number of hydrogen-bond donors (Lipinski definition) is 0. The Balaban J connectivity index is 1.07. The maximum atomic E-state index is 6.13. The van der Waals surface area contributed by atoms with Gasteiger partial charge in [-0.25, -0.2) is 0 Å². The van der Waals surface area contributed by atoms with Crippen molar-refractivity contribution in [2.75, 3.05) is 0 Å². The molecule has 7 heteroatoms. The van der Waals surface area contributed by atoms with Crippen LogP contribution in [-0.2, 0) is 0 Å². The molecule has 0 bridgehead atoms. The van der Waals surface area contributed by atoms with Crippen molar-refractivity contribution in [2.24, 2.45) is 0 Å². The van der Waals surface area contributed by atoms with Crippen molar-refractivity contribution in [1.29, 1.82) is 0 Å². The third kappa shape index (κ3) is 4.76. The van der Waals surface area contributed by atoms with Crippen LogP contribution < -0.4 is 20.7 Å². The number of imidazole rings is 2. The highest BCUT2D eigenvalue weighted by molar-refractivity contribution is 7.20. The molecule has 0 aliphatic carbocycles. The van der Waals surface area contributed by atoms with Crippen LogP contribution in [0, 0.1) is 0 Å². The number of oxazole rings is 2. The summed E-state index contributed by atoms with van der Waals surface area (Å²) in [6.45, 7) is 0. The summed E-state index contributed by atoms with van der Waals surface area (Å²) in [5.74, 6) is 1.21. The van der Waals surface area contributed by atoms with Gasteiger partial charge in [0.1, 0.15) is 0 Å². The van der Waals surface area contributed by atoms with Gasteiger partial charge in [-0.05, 0) is 91.5 Å². The van der Waals surface area contributed by atoms with Gasteiger partial charge in [0.2, 0.25) is 0 Å². The van der Waals surface area contributed by atoms with Gasteiger partial charge >= 0.3 is 11.7 Å². The molecule has 0 saturated carbocycles. The molecule has 4 heterocycles. The van der Waals surface area contributed by atoms with Gasteiger partial charge in [-0.2, -0.15) is 9.97 Å². The minimum absolute atomic E-state index is 0.603. The summed E-state index contributed by atoms with van der Waals surface area (Å²) >= 11 is 0. The summed E-state index contributed by atoms with van der Waals surface area (Å²) in [5.41, 5.74) is 12.1. The number of aromatic nitrogens is 4. The Labute approximate surface area is 327 Å². The van der Waals surface area contributed by atoms with Crippen LogP contribution in [0.2, 0.25) is 0 Å². The standard InChI is InChI=1S/C50H32N4O2Si/c1-3-15-37(16-4-1)57(38-17-5-2-6-18-38,39-19-11-13-33(29-39)35-25-27-41-45(31-35)53-43-21-7-9-23-47(43)55-49(53)51-41)40-20-12-14-34(30-40)36-26-28-42-46(32-36)54-44-22-8-10-24-48(44)56-50(54)52-42/h1-32H. The monoisotopic (exact) mass is 748 g/mol. The molecular formula is C50H32N4O2Si. The largest absolute Gasteiger partial charge is 0.423 e. The van der Waals surface area contributed by atoms with E-state index in [1.807, 2.05) is 36.4 Å². The smallest absolute Gasteiger partial charge is 0.307 e. The maximum Gasteiger partial charge on any atom is 0.307 e. The van der Waals surface area contributed by atoms with E-state index in [4.69, 9.17) is 18.8 Å². The third-order valence-corrected chi connectivity index (χ3v) is 16.3. The Morgan fingerprint density at radius 3 is 1.21 bits per heavy atom. The predicted molar refractivity (Wildman–Crippen MR) is 233 cm³/mol. The van der Waals surface area contributed by atoms with E-state index in [2.05, 4.69) is 167 Å². The molecule has 0 unspecified atom stereocenters. The number of rotatable bonds is 6. The fourth-order valence-electron chi connectivity index (χ4n) is 8.96. The van der Waals surface area contributed by atoms with Crippen LogP contribution in [0.25, 0.3) is 78.2 Å². The topological polar surface area (TPSA) is 60.9 Å². The van der Waals surface area contributed by atoms with E-state index >= 15 is 0 Å². The van der Waals surface area contributed by atoms with Crippen molar-refractivity contribution in [3.05, 3.63) is 194 Å². The number of nitrogens with zero attached hydrogens (tertiary/aromatic N) is 4. The fourth-order valence-corrected chi connectivity index (χ4v) is 13.8. The van der Waals surface area contributed by atoms with E-state index in [0.717, 1.165) is 66.5 Å². The molecule has 4 aromatic heterocycles. The first-order valence-corrected chi connectivity index (χ1v) is 21.1. The molecule has 12 aromatic rings. The molecule has 6 nitrogen and oxygen atoms in total. The van der Waals surface area contributed by atoms with Crippen LogP contribution >= 0.6 is 0 Å². The van der Waals surface area contributed by atoms with Crippen LogP contribution in [0.4, 0.5) is 0 Å². The van der Waals surface area contributed by atoms with Crippen molar-refractivity contribution >= 4 is 84.8 Å². The first-order valence-electron chi connectivity index (χ1n) is 19.1. The van der Waals surface area contributed by atoms with E-state index in [1.165, 1.54) is 20.7 Å². The second-order valence-corrected chi connectivity index (χ2v) is 18.5. The van der Waals surface area contributed by atoms with Gasteiger partial charge in [0, 0.05) is 0 Å². The lowest BCUT2D eigenvalue weighted by Crippen LogP contribution is -2.74. The molecule has 8 aromatic carbocycles. The summed E-state index contributed by atoms with van der Waals surface area (Å²) in [5, 5.41) is 5.25. The Morgan fingerprint density at radius 1 is 0.333 bits per heavy atom. The average molecular weight is 749 g/mol. The lowest BCUT2D eigenvalue weighted by molar-refractivity contribution is 0.642. The summed E-state index contributed by atoms with van der Waals surface area (Å²) < 4.78 is 16.5. The Bertz CT molecular complexity index is 3250. The van der Waals surface area contributed by atoms with Crippen LogP contribution in [0.1, 0.15) is 0 Å². The van der Waals surface area contributed by atoms with E-state index in [1.54, 1.807) is 0 Å². The molecule has 0 N–H and O–H groups in total. The van der Waals surface area contributed by atoms with Crippen LogP contribution in [0.15, 0.2) is 203 Å². The summed E-state index contributed by atoms with van der Waals surface area (Å²) in [6, 6.07) is 69.9. The van der Waals surface area contributed by atoms with Gasteiger partial charge in [0.25, 0.3) is 0 Å². The zero-order valence-electron chi connectivity index (χ0n) is 30.6. The van der Waals surface area contributed by atoms with Gasteiger partial charge in [0.15, 0.2) is 19.2 Å². The zero-order valence-corrected chi connectivity index (χ0v) is 31.6. The highest BCUT2D eigenvalue weighted by Gasteiger charge is 2.41. The second-order valence-electron chi connectivity index (χ2n) is 14.6. The predicted octanol–water partition coefficient (Wildman–Crippen LogP) is 9.49. The van der Waals surface area contributed by atoms with E-state index < -0.39 is 8.07 Å². The second kappa shape index (κ2) is 12.3. The van der Waals surface area contributed by atoms with Gasteiger partial charge in [-0.15, -0.1) is 0 Å². The highest BCUT2D eigenvalue weighted by atomic mass is 28.3. The fraction of sp³-hybridized carbons (Fsp3) is 0. The average Bonchev–Trinajstić information content (AvgIpc) is 4.02. The van der Waals surface area contributed by atoms with Crippen LogP contribution in [0.3, 0.4) is 0 Å². The minimum Gasteiger partial charge on any atom is -0.423 e. The van der Waals surface area contributed by atoms with Crippen molar-refractivity contribution in [3.8, 4) is 22.3 Å². The van der Waals surface area contributed by atoms with Crippen molar-refractivity contribution in [2.45, 2.75) is 0 Å². The molecule has 12 rings (SSSR count). The van der Waals surface area contributed by atoms with E-state index in [0.29, 0.717) is 11.7 Å². The number of fused-ring (bicyclic) bond motifs is 10. The highest BCUT2D eigenvalue weighted by Crippen LogP contribution is 2.32. The van der Waals surface area contributed by atoms with E-state index in [-0.39, 0.29) is 0 Å². The first-order chi connectivity index (χ1) is 28.2. The number of hydrogen-bond acceptors (Lipinski definition) is 4. The maximum absolute atomic E-state index is 6.13. The number of benzene rings is 8. The van der Waals surface area contributed by atoms with Gasteiger partial charge in [0.05, 0.1) is 33.1 Å². The van der Waals surface area contributed by atoms with Crippen molar-refractivity contribution in [1.82, 2.24) is 18.8 Å². The molecule has 57 heavy (non-hydrogen) atoms. The van der Waals surface area contributed by atoms with Crippen molar-refractivity contribution < 1.29 is 8.83 Å². The molecule has 0 atom stereocenters. The number of para-hydroxylation sites is 4. The quantitative estimate of drug-likeness (QED) is 0.126. The normalized spacial score (nSPS) is 12.2. The molecule has 0 spiro atoms. The van der Waals surface area contributed by atoms with Gasteiger partial charge < -0.3 is 8.83 Å². The summed E-state index contributed by atoms with van der Waals surface area (Å²) in [7, 11) is -2.91. The lowest BCUT2D eigenvalue weighted by atomic mass is 10.1. The van der Waals surface area contributed by atoms with Crippen molar-refractivity contribution in [3.63, 3.8) is 0 Å². The molecule has 0 aliphatic rings. The molecule has 0 amide bonds. The van der Waals surface area contributed by atoms with Gasteiger partial charge in [-0.3, -0.25) is 8.80 Å². The first kappa shape index (κ1) is 31.8. The molecule has 0 radical (unpaired) electrons. The Morgan fingerprint density at radius 2 is 0.737 bits per heavy atom. The Hall–Kier alpha value is -7.48. The van der Waals surface area contributed by atoms with Gasteiger partial charge in [-0.1, -0.05) is 146 Å². The summed E-state index contributed by atoms with van der Waals surface area (Å²) in [6.07, 6.45) is 0. The minimum atomic E-state index is -2.91. The Kier molecular flexibility index (Phi) is 6.85. The molecule has 0 saturated heterocycles. The lowest BCUT2D eigenvalue weighted by Gasteiger charge is -2.35. The SMILES string of the molecule is c1ccc([Si](c2ccccc2)(c2cccc(-c3ccc4nc5oc6ccccc6n5c4c3)c2)c2cccc(-c3ccc4nc5oc6ccccc6n5c4c3)c2)cc1. The van der Waals surface area contributed by atoms with Crippen LogP contribution in [-0.4, -0.2) is 26.8 Å².